The highest BCUT2D eigenvalue weighted by atomic mass is 79.9. The summed E-state index contributed by atoms with van der Waals surface area (Å²) in [4.78, 5) is 0. The molecule has 0 aliphatic carbocycles. The number of aryl methyl sites for hydroxylation is 1. The molecule has 1 unspecified atom stereocenters. The molecule has 5 heteroatoms. The summed E-state index contributed by atoms with van der Waals surface area (Å²) in [6.45, 7) is 2.41. The van der Waals surface area contributed by atoms with Crippen LogP contribution >= 0.6 is 31.9 Å². The number of rotatable bonds is 4. The molecule has 0 spiro atoms. The zero-order valence-corrected chi connectivity index (χ0v) is 13.0. The molecule has 0 saturated carbocycles. The molecule has 0 bridgehead atoms. The summed E-state index contributed by atoms with van der Waals surface area (Å²) in [5.41, 5.74) is 2.08. The van der Waals surface area contributed by atoms with Gasteiger partial charge in [0.2, 0.25) is 0 Å². The largest absolute Gasteiger partial charge is 0.467 e. The van der Waals surface area contributed by atoms with Gasteiger partial charge in [-0.2, -0.15) is 0 Å². The van der Waals surface area contributed by atoms with Gasteiger partial charge in [-0.1, -0.05) is 0 Å². The Balaban J connectivity index is 2.07. The monoisotopic (exact) mass is 373 g/mol. The number of hydrogen-bond acceptors (Lipinski definition) is 3. The summed E-state index contributed by atoms with van der Waals surface area (Å²) < 4.78 is 7.07. The highest BCUT2D eigenvalue weighted by Gasteiger charge is 2.12. The van der Waals surface area contributed by atoms with Crippen LogP contribution < -0.4 is 5.32 Å². The van der Waals surface area contributed by atoms with Crippen LogP contribution in [0.2, 0.25) is 0 Å². The van der Waals surface area contributed by atoms with Crippen LogP contribution in [-0.2, 0) is 0 Å². The number of benzene rings is 1. The lowest BCUT2D eigenvalue weighted by Crippen LogP contribution is -2.12. The number of halogens is 2. The van der Waals surface area contributed by atoms with Crippen LogP contribution in [0.4, 0.5) is 5.69 Å². The first-order valence-corrected chi connectivity index (χ1v) is 7.07. The van der Waals surface area contributed by atoms with Crippen molar-refractivity contribution in [2.45, 2.75) is 13.0 Å². The van der Waals surface area contributed by atoms with E-state index >= 15 is 0 Å². The van der Waals surface area contributed by atoms with Crippen LogP contribution in [0.1, 0.15) is 17.4 Å². The number of furan rings is 1. The maximum absolute atomic E-state index is 9.92. The SMILES string of the molecule is Cc1cc(Br)c(NCC(O)c2ccco2)c(Br)c1. The number of anilines is 1. The van der Waals surface area contributed by atoms with Crippen LogP contribution in [0.5, 0.6) is 0 Å². The van der Waals surface area contributed by atoms with E-state index < -0.39 is 6.10 Å². The lowest BCUT2D eigenvalue weighted by atomic mass is 10.2. The topological polar surface area (TPSA) is 45.4 Å². The molecule has 2 rings (SSSR count). The summed E-state index contributed by atoms with van der Waals surface area (Å²) >= 11 is 7.00. The molecule has 1 atom stereocenters. The van der Waals surface area contributed by atoms with Crippen molar-refractivity contribution in [1.82, 2.24) is 0 Å². The van der Waals surface area contributed by atoms with E-state index in [4.69, 9.17) is 4.42 Å². The Morgan fingerprint density at radius 3 is 2.56 bits per heavy atom. The van der Waals surface area contributed by atoms with E-state index in [9.17, 15) is 5.11 Å². The molecule has 1 heterocycles. The second kappa shape index (κ2) is 5.91. The van der Waals surface area contributed by atoms with Gasteiger partial charge in [-0.25, -0.2) is 0 Å². The molecule has 2 aromatic rings. The molecule has 18 heavy (non-hydrogen) atoms. The van der Waals surface area contributed by atoms with Gasteiger partial charge in [-0.3, -0.25) is 0 Å². The summed E-state index contributed by atoms with van der Waals surface area (Å²) in [6, 6.07) is 7.56. The van der Waals surface area contributed by atoms with Crippen molar-refractivity contribution in [3.63, 3.8) is 0 Å². The minimum atomic E-state index is -0.667. The maximum Gasteiger partial charge on any atom is 0.134 e. The number of nitrogens with one attached hydrogen (secondary N) is 1. The first-order valence-electron chi connectivity index (χ1n) is 5.49. The molecule has 0 radical (unpaired) electrons. The second-order valence-corrected chi connectivity index (χ2v) is 5.72. The van der Waals surface area contributed by atoms with Gasteiger partial charge in [0.15, 0.2) is 0 Å². The fourth-order valence-electron chi connectivity index (χ4n) is 1.65. The lowest BCUT2D eigenvalue weighted by Gasteiger charge is -2.14. The highest BCUT2D eigenvalue weighted by molar-refractivity contribution is 9.11. The number of aliphatic hydroxyl groups is 1. The van der Waals surface area contributed by atoms with Crippen LogP contribution in [0.25, 0.3) is 0 Å². The van der Waals surface area contributed by atoms with Crippen molar-refractivity contribution < 1.29 is 9.52 Å². The Labute approximate surface area is 122 Å². The fourth-order valence-corrected chi connectivity index (χ4v) is 3.34. The molecule has 0 aliphatic heterocycles. The van der Waals surface area contributed by atoms with E-state index in [2.05, 4.69) is 37.2 Å². The Hall–Kier alpha value is -0.780. The van der Waals surface area contributed by atoms with Gasteiger partial charge in [-0.15, -0.1) is 0 Å². The standard InChI is InChI=1S/C13H13Br2NO2/c1-8-5-9(14)13(10(15)6-8)16-7-11(17)12-3-2-4-18-12/h2-6,11,16-17H,7H2,1H3. The van der Waals surface area contributed by atoms with E-state index in [1.165, 1.54) is 0 Å². The Kier molecular flexibility index (Phi) is 4.48. The summed E-state index contributed by atoms with van der Waals surface area (Å²) in [5.74, 6) is 0.557. The minimum absolute atomic E-state index is 0.383. The van der Waals surface area contributed by atoms with Crippen molar-refractivity contribution >= 4 is 37.5 Å². The van der Waals surface area contributed by atoms with Crippen molar-refractivity contribution in [3.05, 3.63) is 50.8 Å². The van der Waals surface area contributed by atoms with Crippen molar-refractivity contribution in [3.8, 4) is 0 Å². The van der Waals surface area contributed by atoms with E-state index in [1.807, 2.05) is 19.1 Å². The second-order valence-electron chi connectivity index (χ2n) is 4.02. The van der Waals surface area contributed by atoms with Crippen LogP contribution in [-0.4, -0.2) is 11.7 Å². The summed E-state index contributed by atoms with van der Waals surface area (Å²) in [6.07, 6.45) is 0.885. The molecular formula is C13H13Br2NO2. The average Bonchev–Trinajstić information content (AvgIpc) is 2.80. The smallest absolute Gasteiger partial charge is 0.134 e. The Morgan fingerprint density at radius 1 is 1.33 bits per heavy atom. The minimum Gasteiger partial charge on any atom is -0.467 e. The zero-order chi connectivity index (χ0) is 13.1. The van der Waals surface area contributed by atoms with Crippen molar-refractivity contribution in [1.29, 1.82) is 0 Å². The lowest BCUT2D eigenvalue weighted by molar-refractivity contribution is 0.162. The van der Waals surface area contributed by atoms with E-state index in [-0.39, 0.29) is 0 Å². The highest BCUT2D eigenvalue weighted by Crippen LogP contribution is 2.32. The first-order chi connectivity index (χ1) is 8.58. The molecule has 1 aromatic carbocycles. The Morgan fingerprint density at radius 2 is 2.00 bits per heavy atom. The molecule has 96 valence electrons. The predicted molar refractivity (Wildman–Crippen MR) is 78.7 cm³/mol. The van der Waals surface area contributed by atoms with Crippen LogP contribution in [0.15, 0.2) is 43.9 Å². The van der Waals surface area contributed by atoms with E-state index in [0.717, 1.165) is 20.2 Å². The van der Waals surface area contributed by atoms with Crippen molar-refractivity contribution in [2.75, 3.05) is 11.9 Å². The summed E-state index contributed by atoms with van der Waals surface area (Å²) in [7, 11) is 0. The Bertz CT molecular complexity index is 503. The van der Waals surface area contributed by atoms with Gasteiger partial charge < -0.3 is 14.8 Å². The van der Waals surface area contributed by atoms with Gasteiger partial charge in [0.25, 0.3) is 0 Å². The third kappa shape index (κ3) is 3.16. The van der Waals surface area contributed by atoms with E-state index in [0.29, 0.717) is 12.3 Å². The average molecular weight is 375 g/mol. The molecule has 0 amide bonds. The maximum atomic E-state index is 9.92. The molecule has 0 saturated heterocycles. The van der Waals surface area contributed by atoms with Crippen molar-refractivity contribution in [2.24, 2.45) is 0 Å². The first kappa shape index (κ1) is 13.6. The third-order valence-electron chi connectivity index (χ3n) is 2.53. The van der Waals surface area contributed by atoms with Gasteiger partial charge in [0, 0.05) is 15.5 Å². The zero-order valence-electron chi connectivity index (χ0n) is 9.78. The fraction of sp³-hybridized carbons (Fsp3) is 0.231. The molecular weight excluding hydrogens is 362 g/mol. The number of aliphatic hydroxyl groups excluding tert-OH is 1. The predicted octanol–water partition coefficient (Wildman–Crippen LogP) is 4.26. The molecule has 2 N–H and O–H groups in total. The normalized spacial score (nSPS) is 12.4. The molecule has 3 nitrogen and oxygen atoms in total. The molecule has 0 aliphatic rings. The third-order valence-corrected chi connectivity index (χ3v) is 3.78. The van der Waals surface area contributed by atoms with E-state index in [1.54, 1.807) is 18.4 Å². The quantitative estimate of drug-likeness (QED) is 0.840. The van der Waals surface area contributed by atoms with Crippen LogP contribution in [0, 0.1) is 6.92 Å². The van der Waals surface area contributed by atoms with Crippen LogP contribution in [0.3, 0.4) is 0 Å². The number of hydrogen-bond donors (Lipinski definition) is 2. The van der Waals surface area contributed by atoms with Gasteiger partial charge in [0.1, 0.15) is 11.9 Å². The summed E-state index contributed by atoms with van der Waals surface area (Å²) in [5, 5.41) is 13.1. The van der Waals surface area contributed by atoms with Gasteiger partial charge >= 0.3 is 0 Å². The molecule has 1 aromatic heterocycles. The molecule has 0 fully saturated rings. The van der Waals surface area contributed by atoms with Gasteiger partial charge in [0.05, 0.1) is 12.0 Å². The van der Waals surface area contributed by atoms with Gasteiger partial charge in [-0.05, 0) is 68.6 Å².